The molecule has 7 nitrogen and oxygen atoms in total. The largest absolute Gasteiger partial charge is 0.504 e. The molecule has 2 N–H and O–H groups in total. The SMILES string of the molecule is CCN(CC)S(=O)(=O)c1ccc(N2CCCC2)c(N=Cc2cccc(O)c2O)c1. The molecule has 0 amide bonds. The molecule has 1 aliphatic rings. The molecule has 0 spiro atoms. The molecule has 1 aliphatic heterocycles. The number of aliphatic imine (C=N–C) groups is 1. The monoisotopic (exact) mass is 417 g/mol. The van der Waals surface area contributed by atoms with Gasteiger partial charge in [-0.3, -0.25) is 4.99 Å². The van der Waals surface area contributed by atoms with E-state index in [1.807, 2.05) is 13.8 Å². The van der Waals surface area contributed by atoms with Crippen LogP contribution in [0.15, 0.2) is 46.3 Å². The van der Waals surface area contributed by atoms with E-state index in [0.717, 1.165) is 31.6 Å². The minimum Gasteiger partial charge on any atom is -0.504 e. The van der Waals surface area contributed by atoms with E-state index >= 15 is 0 Å². The number of phenols is 2. The highest BCUT2D eigenvalue weighted by molar-refractivity contribution is 7.89. The second-order valence-electron chi connectivity index (χ2n) is 6.91. The first-order valence-corrected chi connectivity index (χ1v) is 11.3. The maximum atomic E-state index is 12.9. The van der Waals surface area contributed by atoms with Gasteiger partial charge in [0.2, 0.25) is 10.0 Å². The summed E-state index contributed by atoms with van der Waals surface area (Å²) in [6, 6.07) is 9.64. The van der Waals surface area contributed by atoms with Crippen molar-refractivity contribution < 1.29 is 18.6 Å². The molecule has 0 saturated carbocycles. The van der Waals surface area contributed by atoms with Crippen molar-refractivity contribution in [1.29, 1.82) is 0 Å². The summed E-state index contributed by atoms with van der Waals surface area (Å²) < 4.78 is 27.3. The van der Waals surface area contributed by atoms with Crippen molar-refractivity contribution in [3.63, 3.8) is 0 Å². The summed E-state index contributed by atoms with van der Waals surface area (Å²) in [4.78, 5) is 6.86. The average Bonchev–Trinajstić information content (AvgIpc) is 3.24. The van der Waals surface area contributed by atoms with Crippen LogP contribution in [-0.2, 0) is 10.0 Å². The zero-order valence-electron chi connectivity index (χ0n) is 16.7. The fourth-order valence-corrected chi connectivity index (χ4v) is 4.98. The molecule has 0 bridgehead atoms. The van der Waals surface area contributed by atoms with Crippen molar-refractivity contribution in [2.75, 3.05) is 31.1 Å². The van der Waals surface area contributed by atoms with Crippen molar-refractivity contribution in [2.45, 2.75) is 31.6 Å². The second kappa shape index (κ2) is 8.84. The van der Waals surface area contributed by atoms with Crippen LogP contribution in [0, 0.1) is 0 Å². The van der Waals surface area contributed by atoms with Gasteiger partial charge in [-0.1, -0.05) is 19.9 Å². The summed E-state index contributed by atoms with van der Waals surface area (Å²) in [7, 11) is -3.61. The van der Waals surface area contributed by atoms with Gasteiger partial charge in [-0.2, -0.15) is 4.31 Å². The third-order valence-corrected chi connectivity index (χ3v) is 7.17. The smallest absolute Gasteiger partial charge is 0.243 e. The van der Waals surface area contributed by atoms with Gasteiger partial charge in [0.25, 0.3) is 0 Å². The fourth-order valence-electron chi connectivity index (χ4n) is 3.50. The summed E-state index contributed by atoms with van der Waals surface area (Å²) in [5, 5.41) is 19.7. The summed E-state index contributed by atoms with van der Waals surface area (Å²) >= 11 is 0. The maximum absolute atomic E-state index is 12.9. The van der Waals surface area contributed by atoms with Crippen molar-refractivity contribution >= 4 is 27.6 Å². The third-order valence-electron chi connectivity index (χ3n) is 5.13. The Balaban J connectivity index is 2.06. The highest BCUT2D eigenvalue weighted by Crippen LogP contribution is 2.35. The van der Waals surface area contributed by atoms with E-state index in [4.69, 9.17) is 0 Å². The molecule has 1 heterocycles. The zero-order valence-corrected chi connectivity index (χ0v) is 17.6. The van der Waals surface area contributed by atoms with E-state index in [2.05, 4.69) is 9.89 Å². The van der Waals surface area contributed by atoms with Crippen molar-refractivity contribution in [1.82, 2.24) is 4.31 Å². The first kappa shape index (κ1) is 21.1. The molecule has 29 heavy (non-hydrogen) atoms. The minimum atomic E-state index is -3.61. The van der Waals surface area contributed by atoms with Gasteiger partial charge in [-0.05, 0) is 43.2 Å². The van der Waals surface area contributed by atoms with Crippen LogP contribution in [0.3, 0.4) is 0 Å². The first-order valence-electron chi connectivity index (χ1n) is 9.82. The Morgan fingerprint density at radius 3 is 2.45 bits per heavy atom. The van der Waals surface area contributed by atoms with Gasteiger partial charge in [0, 0.05) is 38.0 Å². The second-order valence-corrected chi connectivity index (χ2v) is 8.85. The predicted molar refractivity (Wildman–Crippen MR) is 115 cm³/mol. The molecule has 0 unspecified atom stereocenters. The van der Waals surface area contributed by atoms with E-state index in [-0.39, 0.29) is 16.4 Å². The molecule has 8 heteroatoms. The van der Waals surface area contributed by atoms with Gasteiger partial charge in [0.05, 0.1) is 16.3 Å². The van der Waals surface area contributed by atoms with E-state index in [1.54, 1.807) is 30.3 Å². The van der Waals surface area contributed by atoms with Gasteiger partial charge < -0.3 is 15.1 Å². The molecular weight excluding hydrogens is 390 g/mol. The van der Waals surface area contributed by atoms with Crippen LogP contribution in [0.4, 0.5) is 11.4 Å². The third kappa shape index (κ3) is 4.38. The number of anilines is 1. The molecule has 0 radical (unpaired) electrons. The molecular formula is C21H27N3O4S. The lowest BCUT2D eigenvalue weighted by Gasteiger charge is -2.22. The van der Waals surface area contributed by atoms with Crippen LogP contribution in [-0.4, -0.2) is 55.3 Å². The van der Waals surface area contributed by atoms with Crippen molar-refractivity contribution in [2.24, 2.45) is 4.99 Å². The normalized spacial score (nSPS) is 14.9. The number of sulfonamides is 1. The van der Waals surface area contributed by atoms with Gasteiger partial charge >= 0.3 is 0 Å². The Morgan fingerprint density at radius 2 is 1.79 bits per heavy atom. The lowest BCUT2D eigenvalue weighted by molar-refractivity contribution is 0.403. The summed E-state index contributed by atoms with van der Waals surface area (Å²) in [5.41, 5.74) is 1.73. The highest BCUT2D eigenvalue weighted by Gasteiger charge is 2.24. The van der Waals surface area contributed by atoms with Crippen LogP contribution in [0.25, 0.3) is 0 Å². The molecule has 156 valence electrons. The quantitative estimate of drug-likeness (QED) is 0.531. The lowest BCUT2D eigenvalue weighted by atomic mass is 10.2. The number of hydrogen-bond acceptors (Lipinski definition) is 6. The van der Waals surface area contributed by atoms with Crippen LogP contribution in [0.2, 0.25) is 0 Å². The van der Waals surface area contributed by atoms with Crippen molar-refractivity contribution in [3.8, 4) is 11.5 Å². The Kier molecular flexibility index (Phi) is 6.44. The van der Waals surface area contributed by atoms with E-state index < -0.39 is 10.0 Å². The van der Waals surface area contributed by atoms with Crippen LogP contribution in [0.1, 0.15) is 32.3 Å². The number of rotatable bonds is 7. The standard InChI is InChI=1S/C21H27N3O4S/c1-3-24(4-2)29(27,28)17-10-11-19(23-12-5-6-13-23)18(14-17)22-15-16-8-7-9-20(25)21(16)26/h7-11,14-15,25-26H,3-6,12-13H2,1-2H3. The summed E-state index contributed by atoms with van der Waals surface area (Å²) in [6.07, 6.45) is 3.60. The number of nitrogens with zero attached hydrogens (tertiary/aromatic N) is 3. The minimum absolute atomic E-state index is 0.191. The number of aromatic hydroxyl groups is 2. The number of phenolic OH excluding ortho intramolecular Hbond substituents is 2. The Bertz CT molecular complexity index is 995. The van der Waals surface area contributed by atoms with Gasteiger partial charge in [-0.15, -0.1) is 0 Å². The van der Waals surface area contributed by atoms with Gasteiger partial charge in [0.15, 0.2) is 11.5 Å². The van der Waals surface area contributed by atoms with Crippen LogP contribution >= 0.6 is 0 Å². The van der Waals surface area contributed by atoms with Gasteiger partial charge in [-0.25, -0.2) is 8.42 Å². The molecule has 3 rings (SSSR count). The Hall–Kier alpha value is -2.58. The predicted octanol–water partition coefficient (Wildman–Crippen LogP) is 3.48. The summed E-state index contributed by atoms with van der Waals surface area (Å²) in [6.45, 7) is 6.18. The van der Waals surface area contributed by atoms with Crippen LogP contribution in [0.5, 0.6) is 11.5 Å². The van der Waals surface area contributed by atoms with E-state index in [9.17, 15) is 18.6 Å². The molecule has 1 fully saturated rings. The fraction of sp³-hybridized carbons (Fsp3) is 0.381. The van der Waals surface area contributed by atoms with E-state index in [1.165, 1.54) is 16.6 Å². The Morgan fingerprint density at radius 1 is 1.10 bits per heavy atom. The topological polar surface area (TPSA) is 93.4 Å². The highest BCUT2D eigenvalue weighted by atomic mass is 32.2. The molecule has 1 saturated heterocycles. The zero-order chi connectivity index (χ0) is 21.0. The lowest BCUT2D eigenvalue weighted by Crippen LogP contribution is -2.30. The Labute approximate surface area is 172 Å². The molecule has 2 aromatic carbocycles. The van der Waals surface area contributed by atoms with Gasteiger partial charge in [0.1, 0.15) is 0 Å². The average molecular weight is 418 g/mol. The first-order chi connectivity index (χ1) is 13.9. The number of benzene rings is 2. The van der Waals surface area contributed by atoms with Crippen LogP contribution < -0.4 is 4.90 Å². The summed E-state index contributed by atoms with van der Waals surface area (Å²) in [5.74, 6) is -0.488. The molecule has 2 aromatic rings. The number of hydrogen-bond donors (Lipinski definition) is 2. The maximum Gasteiger partial charge on any atom is 0.243 e. The van der Waals surface area contributed by atoms with E-state index in [0.29, 0.717) is 24.3 Å². The molecule has 0 aliphatic carbocycles. The van der Waals surface area contributed by atoms with Crippen molar-refractivity contribution in [3.05, 3.63) is 42.0 Å². The molecule has 0 atom stereocenters. The number of para-hydroxylation sites is 1. The molecule has 0 aromatic heterocycles.